The van der Waals surface area contributed by atoms with Gasteiger partial charge in [-0.25, -0.2) is 4.79 Å². The minimum Gasteiger partial charge on any atom is -0.479 e. The summed E-state index contributed by atoms with van der Waals surface area (Å²) in [4.78, 5) is 51.1. The molecule has 3 N–H and O–H groups in total. The third kappa shape index (κ3) is 44.0. The summed E-state index contributed by atoms with van der Waals surface area (Å²) >= 11 is 0. The van der Waals surface area contributed by atoms with Gasteiger partial charge in [0.2, 0.25) is 0 Å². The number of esters is 3. The predicted molar refractivity (Wildman–Crippen MR) is 330 cm³/mol. The Hall–Kier alpha value is -6.44. The van der Waals surface area contributed by atoms with Gasteiger partial charge in [-0.2, -0.15) is 0 Å². The second kappa shape index (κ2) is 54.2. The number of aliphatic hydroxyl groups excluding tert-OH is 2. The van der Waals surface area contributed by atoms with E-state index in [1.54, 1.807) is 6.08 Å². The van der Waals surface area contributed by atoms with Crippen LogP contribution in [0, 0.1) is 0 Å². The van der Waals surface area contributed by atoms with E-state index in [1.165, 1.54) is 0 Å². The van der Waals surface area contributed by atoms with Gasteiger partial charge in [0.25, 0.3) is 0 Å². The third-order valence-corrected chi connectivity index (χ3v) is 11.7. The fraction of sp³-hybridized carbons (Fsp3) is 0.478. The van der Waals surface area contributed by atoms with E-state index in [0.29, 0.717) is 32.1 Å². The van der Waals surface area contributed by atoms with Gasteiger partial charge in [-0.3, -0.25) is 14.4 Å². The van der Waals surface area contributed by atoms with Crippen molar-refractivity contribution in [3.8, 4) is 0 Å². The van der Waals surface area contributed by atoms with Crippen molar-refractivity contribution in [2.24, 2.45) is 0 Å². The molecule has 0 saturated carbocycles. The van der Waals surface area contributed by atoms with Crippen LogP contribution in [0.15, 0.2) is 194 Å². The molecule has 6 atom stereocenters. The quantitative estimate of drug-likeness (QED) is 0.0228. The molecular formula is C69H98O12. The molecule has 1 saturated heterocycles. The monoisotopic (exact) mass is 1120 g/mol. The fourth-order valence-electron chi connectivity index (χ4n) is 7.33. The highest BCUT2D eigenvalue weighted by molar-refractivity contribution is 5.74. The van der Waals surface area contributed by atoms with Gasteiger partial charge < -0.3 is 39.0 Å². The van der Waals surface area contributed by atoms with Gasteiger partial charge in [-0.15, -0.1) is 0 Å². The molecular weight excluding hydrogens is 1020 g/mol. The second-order valence-electron chi connectivity index (χ2n) is 18.8. The molecule has 12 heteroatoms. The molecule has 6 unspecified atom stereocenters. The number of hydrogen-bond acceptors (Lipinski definition) is 11. The van der Waals surface area contributed by atoms with Crippen LogP contribution in [-0.2, 0) is 42.9 Å². The Morgan fingerprint density at radius 2 is 0.778 bits per heavy atom. The first-order chi connectivity index (χ1) is 39.6. The number of carboxylic acid groups (broad SMARTS) is 1. The first kappa shape index (κ1) is 72.6. The average molecular weight is 1120 g/mol. The van der Waals surface area contributed by atoms with Gasteiger partial charge in [0.15, 0.2) is 24.6 Å². The molecule has 1 heterocycles. The lowest BCUT2D eigenvalue weighted by Crippen LogP contribution is -2.61. The van der Waals surface area contributed by atoms with Crippen LogP contribution in [-0.4, -0.2) is 89.2 Å². The molecule has 0 aromatic heterocycles. The van der Waals surface area contributed by atoms with Crippen LogP contribution in [0.25, 0.3) is 0 Å². The summed E-state index contributed by atoms with van der Waals surface area (Å²) in [7, 11) is 0. The summed E-state index contributed by atoms with van der Waals surface area (Å²) in [6.07, 6.45) is 71.6. The molecule has 0 radical (unpaired) electrons. The van der Waals surface area contributed by atoms with Gasteiger partial charge in [0, 0.05) is 12.8 Å². The molecule has 1 rings (SSSR count). The first-order valence-corrected chi connectivity index (χ1v) is 29.4. The summed E-state index contributed by atoms with van der Waals surface area (Å²) in [5.41, 5.74) is 0. The minimum atomic E-state index is -1.96. The average Bonchev–Trinajstić information content (AvgIpc) is 3.53. The zero-order valence-electron chi connectivity index (χ0n) is 48.9. The van der Waals surface area contributed by atoms with E-state index in [2.05, 4.69) is 167 Å². The number of allylic oxidation sites excluding steroid dienone is 31. The largest absolute Gasteiger partial charge is 0.479 e. The van der Waals surface area contributed by atoms with Crippen molar-refractivity contribution in [2.45, 2.75) is 199 Å². The van der Waals surface area contributed by atoms with E-state index in [4.69, 9.17) is 23.7 Å². The van der Waals surface area contributed by atoms with Crippen LogP contribution < -0.4 is 0 Å². The van der Waals surface area contributed by atoms with Gasteiger partial charge >= 0.3 is 23.9 Å². The lowest BCUT2D eigenvalue weighted by Gasteiger charge is -2.40. The molecule has 0 amide bonds. The zero-order valence-corrected chi connectivity index (χ0v) is 48.9. The number of carbonyl (C=O) groups is 4. The summed E-state index contributed by atoms with van der Waals surface area (Å²) in [5.74, 6) is -3.52. The van der Waals surface area contributed by atoms with Gasteiger partial charge in [-0.05, 0) is 122 Å². The van der Waals surface area contributed by atoms with Crippen LogP contribution >= 0.6 is 0 Å². The van der Waals surface area contributed by atoms with Crippen molar-refractivity contribution in [1.82, 2.24) is 0 Å². The van der Waals surface area contributed by atoms with Crippen molar-refractivity contribution in [3.63, 3.8) is 0 Å². The maximum Gasteiger partial charge on any atom is 0.335 e. The molecule has 0 bridgehead atoms. The highest BCUT2D eigenvalue weighted by Gasteiger charge is 2.50. The maximum atomic E-state index is 13.1. The number of unbranched alkanes of at least 4 members (excludes halogenated alkanes) is 1. The molecule has 1 aliphatic rings. The Labute approximate surface area is 486 Å². The van der Waals surface area contributed by atoms with Gasteiger partial charge in [-0.1, -0.05) is 215 Å². The van der Waals surface area contributed by atoms with Crippen LogP contribution in [0.4, 0.5) is 0 Å². The predicted octanol–water partition coefficient (Wildman–Crippen LogP) is 15.4. The molecule has 0 spiro atoms. The number of carboxylic acids is 1. The summed E-state index contributed by atoms with van der Waals surface area (Å²) in [6, 6.07) is 0. The molecule has 1 aliphatic heterocycles. The topological polar surface area (TPSA) is 175 Å². The molecule has 1 fully saturated rings. The molecule has 446 valence electrons. The number of aliphatic hydroxyl groups is 2. The number of carbonyl (C=O) groups excluding carboxylic acids is 3. The Bertz CT molecular complexity index is 2160. The van der Waals surface area contributed by atoms with Gasteiger partial charge in [0.05, 0.1) is 13.0 Å². The molecule has 0 aliphatic carbocycles. The number of ether oxygens (including phenoxy) is 5. The summed E-state index contributed by atoms with van der Waals surface area (Å²) in [5, 5.41) is 31.5. The highest BCUT2D eigenvalue weighted by Crippen LogP contribution is 2.26. The van der Waals surface area contributed by atoms with Crippen LogP contribution in [0.2, 0.25) is 0 Å². The van der Waals surface area contributed by atoms with Crippen molar-refractivity contribution in [1.29, 1.82) is 0 Å². The van der Waals surface area contributed by atoms with E-state index in [-0.39, 0.29) is 19.3 Å². The Balaban J connectivity index is 2.84. The number of rotatable bonds is 46. The van der Waals surface area contributed by atoms with Crippen LogP contribution in [0.1, 0.15) is 162 Å². The summed E-state index contributed by atoms with van der Waals surface area (Å²) in [6.45, 7) is 5.44. The van der Waals surface area contributed by atoms with E-state index in [1.807, 2.05) is 42.5 Å². The SMILES string of the molecule is CC/C=C\C/C=C\C/C=C\C/C=C\C/C=C\C/C=C\CCC(=O)OCC(COC1OC(C(=O)O)C(O)C(O)C1OC(=O)CCC/C=C\C/C=C\C/C=C\C/C=C\C/C=C\CC)OC(=O)C/C=C\C/C=C\C/C=C\C/C=C\C/C=C\CC. The lowest BCUT2D eigenvalue weighted by molar-refractivity contribution is -0.301. The Morgan fingerprint density at radius 1 is 0.420 bits per heavy atom. The number of hydrogen-bond donors (Lipinski definition) is 3. The second-order valence-corrected chi connectivity index (χ2v) is 18.8. The van der Waals surface area contributed by atoms with Crippen molar-refractivity contribution in [3.05, 3.63) is 194 Å². The van der Waals surface area contributed by atoms with Crippen molar-refractivity contribution in [2.75, 3.05) is 13.2 Å². The fourth-order valence-corrected chi connectivity index (χ4v) is 7.33. The standard InChI is InChI=1S/C69H98O12/c1-4-7-10-13-16-19-22-25-28-30-31-33-35-37-40-43-46-49-52-55-61(70)77-58-60(79-62(71)56-53-50-47-44-41-38-34-27-24-21-18-15-12-9-6-3)59-78-69-67(65(74)64(73)66(81-69)68(75)76)80-63(72)57-54-51-48-45-42-39-36-32-29-26-23-20-17-14-11-8-5-2/h7-12,16-21,25-29,31,33-34,36-37,39-41,44-46,48-50,53,60,64-67,69,73-74H,4-6,13-15,22-24,30,32,35,38,42-43,47,51-52,54-59H2,1-3H3,(H,75,76)/b10-7-,11-8-,12-9-,19-16-,20-17-,21-18-,28-25-,29-26-,33-31-,34-27-,39-36-,40-37-,44-41-,48-45-,49-46-,53-50-. The highest BCUT2D eigenvalue weighted by atomic mass is 16.7. The molecule has 0 aromatic carbocycles. The van der Waals surface area contributed by atoms with E-state index in [9.17, 15) is 34.5 Å². The third-order valence-electron chi connectivity index (χ3n) is 11.7. The summed E-state index contributed by atoms with van der Waals surface area (Å²) < 4.78 is 28.1. The lowest BCUT2D eigenvalue weighted by atomic mass is 9.98. The van der Waals surface area contributed by atoms with E-state index < -0.39 is 73.9 Å². The molecule has 0 aromatic rings. The zero-order chi connectivity index (χ0) is 58.9. The van der Waals surface area contributed by atoms with E-state index >= 15 is 0 Å². The number of aliphatic carboxylic acids is 1. The maximum absolute atomic E-state index is 13.1. The van der Waals surface area contributed by atoms with Crippen molar-refractivity contribution >= 4 is 23.9 Å². The Kier molecular flexibility index (Phi) is 48.5. The normalized spacial score (nSPS) is 19.1. The smallest absolute Gasteiger partial charge is 0.335 e. The van der Waals surface area contributed by atoms with E-state index in [0.717, 1.165) is 89.9 Å². The Morgan fingerprint density at radius 3 is 1.16 bits per heavy atom. The van der Waals surface area contributed by atoms with Crippen molar-refractivity contribution < 1.29 is 58.2 Å². The molecule has 81 heavy (non-hydrogen) atoms. The minimum absolute atomic E-state index is 0.0483. The van der Waals surface area contributed by atoms with Gasteiger partial charge in [0.1, 0.15) is 18.8 Å². The first-order valence-electron chi connectivity index (χ1n) is 29.4. The van der Waals surface area contributed by atoms with Crippen LogP contribution in [0.5, 0.6) is 0 Å². The molecule has 12 nitrogen and oxygen atoms in total. The van der Waals surface area contributed by atoms with Crippen LogP contribution in [0.3, 0.4) is 0 Å².